The molecule has 1 heterocycles. The summed E-state index contributed by atoms with van der Waals surface area (Å²) in [6, 6.07) is 3.27. The molecule has 5 heteroatoms. The lowest BCUT2D eigenvalue weighted by Crippen LogP contribution is -2.34. The van der Waals surface area contributed by atoms with Crippen molar-refractivity contribution < 1.29 is 4.79 Å². The SMILES string of the molecule is CCN(CC1CCC1)c1nc(C(N)=O)ccc1N. The summed E-state index contributed by atoms with van der Waals surface area (Å²) in [5, 5.41) is 0. The summed E-state index contributed by atoms with van der Waals surface area (Å²) in [5.41, 5.74) is 12.1. The fourth-order valence-electron chi connectivity index (χ4n) is 2.20. The highest BCUT2D eigenvalue weighted by molar-refractivity contribution is 5.91. The van der Waals surface area contributed by atoms with E-state index in [0.717, 1.165) is 19.0 Å². The van der Waals surface area contributed by atoms with Crippen molar-refractivity contribution in [2.24, 2.45) is 11.7 Å². The van der Waals surface area contributed by atoms with Crippen LogP contribution in [0.2, 0.25) is 0 Å². The summed E-state index contributed by atoms with van der Waals surface area (Å²) < 4.78 is 0. The molecule has 0 bridgehead atoms. The number of pyridine rings is 1. The predicted octanol–water partition coefficient (Wildman–Crippen LogP) is 1.39. The van der Waals surface area contributed by atoms with Crippen LogP contribution in [0.3, 0.4) is 0 Å². The lowest BCUT2D eigenvalue weighted by molar-refractivity contribution is 0.0995. The minimum absolute atomic E-state index is 0.270. The molecule has 18 heavy (non-hydrogen) atoms. The zero-order chi connectivity index (χ0) is 13.1. The molecule has 0 unspecified atom stereocenters. The number of primary amides is 1. The minimum atomic E-state index is -0.518. The number of carbonyl (C=O) groups excluding carboxylic acids is 1. The Bertz CT molecular complexity index is 443. The monoisotopic (exact) mass is 248 g/mol. The van der Waals surface area contributed by atoms with Crippen LogP contribution in [0, 0.1) is 5.92 Å². The van der Waals surface area contributed by atoms with Crippen molar-refractivity contribution in [2.75, 3.05) is 23.7 Å². The standard InChI is InChI=1S/C13H20N4O/c1-2-17(8-9-4-3-5-9)13-10(14)6-7-11(16-13)12(15)18/h6-7,9H,2-5,8,14H2,1H3,(H2,15,18). The molecule has 1 saturated carbocycles. The lowest BCUT2D eigenvalue weighted by Gasteiger charge is -2.33. The van der Waals surface area contributed by atoms with Gasteiger partial charge >= 0.3 is 0 Å². The van der Waals surface area contributed by atoms with Crippen LogP contribution in [0.1, 0.15) is 36.7 Å². The summed E-state index contributed by atoms with van der Waals surface area (Å²) in [6.45, 7) is 3.85. The van der Waals surface area contributed by atoms with Crippen molar-refractivity contribution >= 4 is 17.4 Å². The number of rotatable bonds is 5. The maximum atomic E-state index is 11.2. The highest BCUT2D eigenvalue weighted by atomic mass is 16.1. The molecule has 2 rings (SSSR count). The largest absolute Gasteiger partial charge is 0.396 e. The van der Waals surface area contributed by atoms with Crippen molar-refractivity contribution in [3.63, 3.8) is 0 Å². The number of nitrogens with two attached hydrogens (primary N) is 2. The van der Waals surface area contributed by atoms with E-state index in [2.05, 4.69) is 16.8 Å². The average molecular weight is 248 g/mol. The minimum Gasteiger partial charge on any atom is -0.396 e. The number of anilines is 2. The van der Waals surface area contributed by atoms with Crippen molar-refractivity contribution in [3.05, 3.63) is 17.8 Å². The van der Waals surface area contributed by atoms with E-state index in [0.29, 0.717) is 11.5 Å². The third kappa shape index (κ3) is 2.55. The fraction of sp³-hybridized carbons (Fsp3) is 0.538. The van der Waals surface area contributed by atoms with E-state index in [1.54, 1.807) is 12.1 Å². The van der Waals surface area contributed by atoms with Crippen LogP contribution in [-0.4, -0.2) is 24.0 Å². The van der Waals surface area contributed by atoms with Crippen molar-refractivity contribution in [2.45, 2.75) is 26.2 Å². The maximum absolute atomic E-state index is 11.2. The Labute approximate surface area is 107 Å². The van der Waals surface area contributed by atoms with Gasteiger partial charge in [0.25, 0.3) is 5.91 Å². The van der Waals surface area contributed by atoms with Gasteiger partial charge in [-0.05, 0) is 37.8 Å². The van der Waals surface area contributed by atoms with E-state index >= 15 is 0 Å². The molecule has 4 N–H and O–H groups in total. The molecule has 0 radical (unpaired) electrons. The van der Waals surface area contributed by atoms with Gasteiger partial charge in [-0.15, -0.1) is 0 Å². The summed E-state index contributed by atoms with van der Waals surface area (Å²) in [7, 11) is 0. The predicted molar refractivity (Wildman–Crippen MR) is 72.4 cm³/mol. The van der Waals surface area contributed by atoms with Gasteiger partial charge in [-0.3, -0.25) is 4.79 Å². The molecule has 1 amide bonds. The van der Waals surface area contributed by atoms with Crippen LogP contribution in [0.5, 0.6) is 0 Å². The Kier molecular flexibility index (Phi) is 3.69. The van der Waals surface area contributed by atoms with E-state index in [1.807, 2.05) is 0 Å². The summed E-state index contributed by atoms with van der Waals surface area (Å²) in [4.78, 5) is 17.6. The zero-order valence-corrected chi connectivity index (χ0v) is 10.7. The third-order valence-electron chi connectivity index (χ3n) is 3.54. The summed E-state index contributed by atoms with van der Waals surface area (Å²) >= 11 is 0. The topological polar surface area (TPSA) is 85.2 Å². The fourth-order valence-corrected chi connectivity index (χ4v) is 2.20. The van der Waals surface area contributed by atoms with Gasteiger partial charge in [0.1, 0.15) is 5.69 Å². The van der Waals surface area contributed by atoms with Crippen molar-refractivity contribution in [1.29, 1.82) is 0 Å². The number of amides is 1. The first kappa shape index (κ1) is 12.7. The second-order valence-electron chi connectivity index (χ2n) is 4.81. The second kappa shape index (κ2) is 5.25. The van der Waals surface area contributed by atoms with Crippen LogP contribution in [0.25, 0.3) is 0 Å². The molecule has 0 spiro atoms. The normalized spacial score (nSPS) is 15.2. The molecule has 0 aromatic carbocycles. The molecule has 0 saturated heterocycles. The molecule has 5 nitrogen and oxygen atoms in total. The summed E-state index contributed by atoms with van der Waals surface area (Å²) in [6.07, 6.45) is 3.85. The number of carbonyl (C=O) groups is 1. The molecule has 98 valence electrons. The molecule has 1 fully saturated rings. The number of nitrogen functional groups attached to an aromatic ring is 1. The number of hydrogen-bond donors (Lipinski definition) is 2. The van der Waals surface area contributed by atoms with Crippen LogP contribution in [-0.2, 0) is 0 Å². The van der Waals surface area contributed by atoms with Crippen molar-refractivity contribution in [3.8, 4) is 0 Å². The maximum Gasteiger partial charge on any atom is 0.267 e. The highest BCUT2D eigenvalue weighted by Crippen LogP contribution is 2.30. The van der Waals surface area contributed by atoms with E-state index in [-0.39, 0.29) is 5.69 Å². The molecule has 0 aliphatic heterocycles. The van der Waals surface area contributed by atoms with E-state index in [4.69, 9.17) is 11.5 Å². The van der Waals surface area contributed by atoms with Gasteiger partial charge in [-0.25, -0.2) is 4.98 Å². The quantitative estimate of drug-likeness (QED) is 0.824. The summed E-state index contributed by atoms with van der Waals surface area (Å²) in [5.74, 6) is 0.889. The first-order chi connectivity index (χ1) is 8.61. The van der Waals surface area contributed by atoms with Gasteiger partial charge in [0.05, 0.1) is 5.69 Å². The average Bonchev–Trinajstić information content (AvgIpc) is 2.29. The van der Waals surface area contributed by atoms with Crippen LogP contribution < -0.4 is 16.4 Å². The molecule has 1 aliphatic rings. The lowest BCUT2D eigenvalue weighted by atomic mass is 9.85. The van der Waals surface area contributed by atoms with Gasteiger partial charge in [-0.2, -0.15) is 0 Å². The second-order valence-corrected chi connectivity index (χ2v) is 4.81. The Morgan fingerprint density at radius 3 is 2.72 bits per heavy atom. The Hall–Kier alpha value is -1.78. The van der Waals surface area contributed by atoms with Gasteiger partial charge < -0.3 is 16.4 Å². The Balaban J connectivity index is 2.22. The third-order valence-corrected chi connectivity index (χ3v) is 3.54. The Morgan fingerprint density at radius 1 is 1.50 bits per heavy atom. The van der Waals surface area contributed by atoms with Gasteiger partial charge in [-0.1, -0.05) is 6.42 Å². The molecule has 0 atom stereocenters. The zero-order valence-electron chi connectivity index (χ0n) is 10.7. The number of hydrogen-bond acceptors (Lipinski definition) is 4. The van der Waals surface area contributed by atoms with E-state index < -0.39 is 5.91 Å². The van der Waals surface area contributed by atoms with E-state index in [1.165, 1.54) is 19.3 Å². The van der Waals surface area contributed by atoms with Gasteiger partial charge in [0.2, 0.25) is 0 Å². The smallest absolute Gasteiger partial charge is 0.267 e. The number of aromatic nitrogens is 1. The molecule has 1 aromatic rings. The molecule has 1 aromatic heterocycles. The highest BCUT2D eigenvalue weighted by Gasteiger charge is 2.22. The van der Waals surface area contributed by atoms with E-state index in [9.17, 15) is 4.79 Å². The van der Waals surface area contributed by atoms with Crippen LogP contribution in [0.4, 0.5) is 11.5 Å². The first-order valence-electron chi connectivity index (χ1n) is 6.43. The number of nitrogens with zero attached hydrogens (tertiary/aromatic N) is 2. The van der Waals surface area contributed by atoms with Crippen LogP contribution >= 0.6 is 0 Å². The van der Waals surface area contributed by atoms with Crippen LogP contribution in [0.15, 0.2) is 12.1 Å². The van der Waals surface area contributed by atoms with Crippen molar-refractivity contribution in [1.82, 2.24) is 4.98 Å². The molecular weight excluding hydrogens is 228 g/mol. The first-order valence-corrected chi connectivity index (χ1v) is 6.43. The van der Waals surface area contributed by atoms with Gasteiger partial charge in [0, 0.05) is 13.1 Å². The molecule has 1 aliphatic carbocycles. The van der Waals surface area contributed by atoms with Gasteiger partial charge in [0.15, 0.2) is 5.82 Å². The molecular formula is C13H20N4O. The Morgan fingerprint density at radius 2 is 2.22 bits per heavy atom.